The van der Waals surface area contributed by atoms with E-state index < -0.39 is 5.97 Å². The predicted octanol–water partition coefficient (Wildman–Crippen LogP) is -6.29. The molecule has 0 aliphatic rings. The molecule has 0 rings (SSSR count). The molecule has 0 aromatic carbocycles. The van der Waals surface area contributed by atoms with Gasteiger partial charge < -0.3 is 9.90 Å². The zero-order valence-electron chi connectivity index (χ0n) is 9.05. The van der Waals surface area contributed by atoms with Crippen LogP contribution >= 0.6 is 0 Å². The van der Waals surface area contributed by atoms with Crippen molar-refractivity contribution in [1.82, 2.24) is 0 Å². The van der Waals surface area contributed by atoms with Crippen LogP contribution in [0.4, 0.5) is 0 Å². The van der Waals surface area contributed by atoms with Gasteiger partial charge in [-0.1, -0.05) is 20.3 Å². The van der Waals surface area contributed by atoms with E-state index in [0.717, 1.165) is 0 Å². The van der Waals surface area contributed by atoms with Crippen molar-refractivity contribution in [1.29, 1.82) is 0 Å². The van der Waals surface area contributed by atoms with Crippen molar-refractivity contribution in [3.8, 4) is 0 Å². The van der Waals surface area contributed by atoms with Gasteiger partial charge in [0, 0.05) is 0 Å². The fraction of sp³-hybridized carbons (Fsp3) is 0.500. The van der Waals surface area contributed by atoms with Gasteiger partial charge in [0.05, 0.1) is 0 Å². The van der Waals surface area contributed by atoms with Gasteiger partial charge in [-0.15, -0.1) is 12.4 Å². The molecule has 0 saturated carbocycles. The molecule has 4 nitrogen and oxygen atoms in total. The molecule has 0 heterocycles. The molecule has 14 heavy (non-hydrogen) atoms. The van der Waals surface area contributed by atoms with Crippen molar-refractivity contribution in [3.05, 3.63) is 11.6 Å². The molecule has 0 atom stereocenters. The maximum absolute atomic E-state index is 10.1. The number of hydrogen-bond acceptors (Lipinski definition) is 4. The van der Waals surface area contributed by atoms with Crippen LogP contribution in [-0.2, 0) is 14.4 Å². The summed E-state index contributed by atoms with van der Waals surface area (Å²) in [5, 5.41) is 10.1. The van der Waals surface area contributed by atoms with Crippen LogP contribution in [0.2, 0.25) is 0 Å². The van der Waals surface area contributed by atoms with Crippen molar-refractivity contribution < 1.29 is 122 Å². The number of hydrogen-bond donors (Lipinski definition) is 0. The summed E-state index contributed by atoms with van der Waals surface area (Å²) in [6.45, 7) is 3.62. The minimum Gasteiger partial charge on any atom is -0.658 e. The maximum Gasteiger partial charge on any atom is 1.00 e. The number of carbonyl (C=O) groups is 1. The van der Waals surface area contributed by atoms with Gasteiger partial charge in [-0.2, -0.15) is 9.59 Å². The molecule has 0 fully saturated rings. The van der Waals surface area contributed by atoms with E-state index >= 15 is 0 Å². The van der Waals surface area contributed by atoms with Crippen molar-refractivity contribution in [2.75, 3.05) is 0 Å². The minimum absolute atomic E-state index is 0. The summed E-state index contributed by atoms with van der Waals surface area (Å²) >= 11 is 0. The van der Waals surface area contributed by atoms with Crippen LogP contribution in [0.15, 0.2) is 5.57 Å². The first kappa shape index (κ1) is 24.9. The fourth-order valence-corrected chi connectivity index (χ4v) is 0.555. The molecule has 0 bridgehead atoms. The number of aliphatic carboxylic acids is 1. The Morgan fingerprint density at radius 3 is 1.71 bits per heavy atom. The zero-order valence-corrected chi connectivity index (χ0v) is 15.3. The SMILES string of the molecule is CC[C-]=C(CC)C(=O)[O-].O=C=O.[K+].[K+]. The van der Waals surface area contributed by atoms with Gasteiger partial charge >= 0.3 is 109 Å². The van der Waals surface area contributed by atoms with Gasteiger partial charge in [0.2, 0.25) is 0 Å². The molecular formula is C8H10K2O4. The van der Waals surface area contributed by atoms with Gasteiger partial charge in [0.1, 0.15) is 0 Å². The van der Waals surface area contributed by atoms with E-state index in [2.05, 4.69) is 6.08 Å². The van der Waals surface area contributed by atoms with Crippen molar-refractivity contribution in [3.63, 3.8) is 0 Å². The molecule has 68 valence electrons. The normalized spacial score (nSPS) is 8.00. The van der Waals surface area contributed by atoms with Crippen LogP contribution in [0.3, 0.4) is 0 Å². The third kappa shape index (κ3) is 19.4. The van der Waals surface area contributed by atoms with Crippen LogP contribution in [0, 0.1) is 6.08 Å². The smallest absolute Gasteiger partial charge is 0.658 e. The van der Waals surface area contributed by atoms with Crippen molar-refractivity contribution >= 4 is 12.1 Å². The van der Waals surface area contributed by atoms with Crippen LogP contribution in [0.25, 0.3) is 0 Å². The summed E-state index contributed by atoms with van der Waals surface area (Å²) in [6.07, 6.45) is 4.07. The van der Waals surface area contributed by atoms with E-state index in [9.17, 15) is 9.90 Å². The second-order valence-electron chi connectivity index (χ2n) is 1.73. The first-order valence-corrected chi connectivity index (χ1v) is 3.44. The molecule has 0 saturated heterocycles. The van der Waals surface area contributed by atoms with Crippen LogP contribution in [0.5, 0.6) is 0 Å². The quantitative estimate of drug-likeness (QED) is 0.283. The molecule has 0 radical (unpaired) electrons. The largest absolute Gasteiger partial charge is 1.00 e. The Bertz CT molecular complexity index is 196. The molecule has 0 amide bonds. The Kier molecular flexibility index (Phi) is 36.1. The van der Waals surface area contributed by atoms with E-state index in [0.29, 0.717) is 12.8 Å². The van der Waals surface area contributed by atoms with E-state index in [-0.39, 0.29) is 114 Å². The third-order valence-corrected chi connectivity index (χ3v) is 0.990. The van der Waals surface area contributed by atoms with Crippen LogP contribution in [-0.4, -0.2) is 12.1 Å². The van der Waals surface area contributed by atoms with E-state index in [4.69, 9.17) is 9.59 Å². The maximum atomic E-state index is 10.1. The van der Waals surface area contributed by atoms with Gasteiger partial charge in [-0.05, 0) is 0 Å². The summed E-state index contributed by atoms with van der Waals surface area (Å²) in [4.78, 5) is 26.4. The first-order chi connectivity index (χ1) is 5.63. The summed E-state index contributed by atoms with van der Waals surface area (Å²) in [6, 6.07) is 0. The molecule has 6 heteroatoms. The van der Waals surface area contributed by atoms with Gasteiger partial charge in [-0.3, -0.25) is 6.08 Å². The summed E-state index contributed by atoms with van der Waals surface area (Å²) < 4.78 is 0. The van der Waals surface area contributed by atoms with Crippen molar-refractivity contribution in [2.24, 2.45) is 0 Å². The molecular weight excluding hydrogens is 238 g/mol. The zero-order chi connectivity index (χ0) is 9.98. The van der Waals surface area contributed by atoms with Gasteiger partial charge in [0.15, 0.2) is 0 Å². The fourth-order valence-electron chi connectivity index (χ4n) is 0.555. The van der Waals surface area contributed by atoms with E-state index in [1.54, 1.807) is 6.92 Å². The molecule has 0 spiro atoms. The Hall–Kier alpha value is 1.86. The summed E-state index contributed by atoms with van der Waals surface area (Å²) in [7, 11) is 0. The Balaban J connectivity index is -0.0000000891. The molecule has 0 unspecified atom stereocenters. The Labute approximate surface area is 169 Å². The second-order valence-corrected chi connectivity index (χ2v) is 1.73. The van der Waals surface area contributed by atoms with Crippen LogP contribution in [0.1, 0.15) is 26.7 Å². The van der Waals surface area contributed by atoms with Gasteiger partial charge in [0.25, 0.3) is 0 Å². The number of allylic oxidation sites excluding steroid dienone is 1. The average molecular weight is 248 g/mol. The first-order valence-electron chi connectivity index (χ1n) is 3.44. The topological polar surface area (TPSA) is 74.3 Å². The summed E-state index contributed by atoms with van der Waals surface area (Å²) in [5.41, 5.74) is 0.275. The second kappa shape index (κ2) is 20.3. The number of carbonyl (C=O) groups excluding carboxylic acids is 3. The minimum atomic E-state index is -1.10. The van der Waals surface area contributed by atoms with Gasteiger partial charge in [-0.25, -0.2) is 5.57 Å². The number of carboxylic acids is 1. The predicted molar refractivity (Wildman–Crippen MR) is 37.4 cm³/mol. The molecule has 0 aliphatic heterocycles. The molecule has 0 aliphatic carbocycles. The Morgan fingerprint density at radius 1 is 1.29 bits per heavy atom. The summed E-state index contributed by atoms with van der Waals surface area (Å²) in [5.74, 6) is -1.10. The van der Waals surface area contributed by atoms with Crippen LogP contribution < -0.4 is 108 Å². The molecule has 0 N–H and O–H groups in total. The molecule has 0 aromatic heterocycles. The van der Waals surface area contributed by atoms with E-state index in [1.165, 1.54) is 0 Å². The number of carboxylic acid groups (broad SMARTS) is 1. The molecule has 0 aromatic rings. The number of rotatable bonds is 3. The van der Waals surface area contributed by atoms with Crippen molar-refractivity contribution in [2.45, 2.75) is 26.7 Å². The monoisotopic (exact) mass is 248 g/mol. The third-order valence-electron chi connectivity index (χ3n) is 0.990. The van der Waals surface area contributed by atoms with E-state index in [1.807, 2.05) is 6.92 Å². The average Bonchev–Trinajstić information content (AvgIpc) is 2.01. The Morgan fingerprint density at radius 2 is 1.64 bits per heavy atom. The standard InChI is InChI=1S/C7H11O2.CO2.2K/c1-3-5-6(4-2)7(8)9;2-1-3;;/h3-4H2,1-2H3,(H,8,9);;;/q-1;;2*+1/p-1.